The minimum atomic E-state index is 0.552. The zero-order valence-electron chi connectivity index (χ0n) is 16.3. The average molecular weight is 367 g/mol. The van der Waals surface area contributed by atoms with Gasteiger partial charge < -0.3 is 11.5 Å². The summed E-state index contributed by atoms with van der Waals surface area (Å²) in [5.74, 6) is 0. The molecule has 2 nitrogen and oxygen atoms in total. The molecule has 1 aliphatic rings. The summed E-state index contributed by atoms with van der Waals surface area (Å²) >= 11 is 0. The van der Waals surface area contributed by atoms with Gasteiger partial charge in [-0.15, -0.1) is 0 Å². The third kappa shape index (κ3) is 3.45. The van der Waals surface area contributed by atoms with Gasteiger partial charge in [0.15, 0.2) is 0 Å². The van der Waals surface area contributed by atoms with E-state index in [1.807, 2.05) is 0 Å². The van der Waals surface area contributed by atoms with Gasteiger partial charge >= 0.3 is 0 Å². The highest BCUT2D eigenvalue weighted by atomic mass is 14.5. The summed E-state index contributed by atoms with van der Waals surface area (Å²) in [6, 6.07) is 27.9. The minimum Gasteiger partial charge on any atom is -0.326 e. The molecule has 0 aliphatic heterocycles. The molecular formula is C26H26N2. The summed E-state index contributed by atoms with van der Waals surface area (Å²) in [5, 5.41) is 0. The highest BCUT2D eigenvalue weighted by Crippen LogP contribution is 2.48. The molecule has 0 amide bonds. The Balaban J connectivity index is 1.94. The number of rotatable bonds is 5. The fraction of sp³-hybridized carbons (Fsp3) is 0.154. The van der Waals surface area contributed by atoms with Gasteiger partial charge in [-0.05, 0) is 63.9 Å². The van der Waals surface area contributed by atoms with Crippen LogP contribution in [0.4, 0.5) is 0 Å². The lowest BCUT2D eigenvalue weighted by atomic mass is 9.89. The van der Waals surface area contributed by atoms with E-state index in [0.717, 1.165) is 17.5 Å². The highest BCUT2D eigenvalue weighted by molar-refractivity contribution is 6.19. The Kier molecular flexibility index (Phi) is 5.25. The molecule has 4 rings (SSSR count). The molecule has 0 radical (unpaired) electrons. The smallest absolute Gasteiger partial charge is 0.0178 e. The van der Waals surface area contributed by atoms with Crippen molar-refractivity contribution in [2.75, 3.05) is 0 Å². The maximum Gasteiger partial charge on any atom is 0.0178 e. The summed E-state index contributed by atoms with van der Waals surface area (Å²) in [6.45, 7) is 3.35. The average Bonchev–Trinajstić information content (AvgIpc) is 3.11. The molecule has 0 fully saturated rings. The summed E-state index contributed by atoms with van der Waals surface area (Å²) in [6.07, 6.45) is 0.945. The van der Waals surface area contributed by atoms with Gasteiger partial charge in [-0.2, -0.15) is 0 Å². The Morgan fingerprint density at radius 1 is 0.643 bits per heavy atom. The van der Waals surface area contributed by atoms with E-state index in [1.54, 1.807) is 0 Å². The second kappa shape index (κ2) is 7.97. The molecule has 1 aliphatic carbocycles. The van der Waals surface area contributed by atoms with Crippen LogP contribution in [0.3, 0.4) is 0 Å². The second-order valence-electron chi connectivity index (χ2n) is 7.36. The van der Waals surface area contributed by atoms with E-state index in [4.69, 9.17) is 11.5 Å². The molecule has 0 saturated carbocycles. The lowest BCUT2D eigenvalue weighted by Crippen LogP contribution is -1.98. The van der Waals surface area contributed by atoms with Gasteiger partial charge in [-0.1, -0.05) is 78.4 Å². The lowest BCUT2D eigenvalue weighted by molar-refractivity contribution is 1.07. The first-order valence-corrected chi connectivity index (χ1v) is 9.78. The Hall–Kier alpha value is -2.94. The van der Waals surface area contributed by atoms with Gasteiger partial charge in [0.25, 0.3) is 0 Å². The van der Waals surface area contributed by atoms with Crippen molar-refractivity contribution >= 4 is 16.7 Å². The fourth-order valence-electron chi connectivity index (χ4n) is 4.11. The molecule has 0 atom stereocenters. The van der Waals surface area contributed by atoms with Gasteiger partial charge in [0.1, 0.15) is 0 Å². The Bertz CT molecular complexity index is 1060. The number of hydrogen-bond donors (Lipinski definition) is 2. The van der Waals surface area contributed by atoms with Crippen molar-refractivity contribution in [2.45, 2.75) is 26.4 Å². The topological polar surface area (TPSA) is 52.0 Å². The first-order chi connectivity index (χ1) is 13.7. The number of hydrogen-bond acceptors (Lipinski definition) is 2. The van der Waals surface area contributed by atoms with Crippen LogP contribution in [0.1, 0.15) is 41.2 Å². The van der Waals surface area contributed by atoms with Crippen LogP contribution in [0, 0.1) is 0 Å². The van der Waals surface area contributed by atoms with Gasteiger partial charge in [-0.25, -0.2) is 0 Å². The maximum absolute atomic E-state index is 5.91. The molecule has 28 heavy (non-hydrogen) atoms. The van der Waals surface area contributed by atoms with Crippen LogP contribution in [-0.4, -0.2) is 0 Å². The van der Waals surface area contributed by atoms with Crippen molar-refractivity contribution in [1.29, 1.82) is 0 Å². The number of benzene rings is 3. The second-order valence-corrected chi connectivity index (χ2v) is 7.36. The third-order valence-corrected chi connectivity index (χ3v) is 5.45. The largest absolute Gasteiger partial charge is 0.326 e. The SMILES string of the molecule is CC1=C(c2cccc(CN)c2)C(c2ccccc2)=C(c2cccc(CN)c2)C1. The number of nitrogens with two attached hydrogens (primary N) is 2. The normalized spacial score (nSPS) is 14.1. The molecule has 140 valence electrons. The molecule has 3 aromatic rings. The van der Waals surface area contributed by atoms with Gasteiger partial charge in [-0.3, -0.25) is 0 Å². The van der Waals surface area contributed by atoms with Gasteiger partial charge in [0.05, 0.1) is 0 Å². The standard InChI is InChI=1S/C26H26N2/c1-18-13-24(22-11-5-7-19(14-22)16-27)26(21-9-3-2-4-10-21)25(18)23-12-6-8-20(15-23)17-28/h2-12,14-15H,13,16-17,27-28H2,1H3. The quantitative estimate of drug-likeness (QED) is 0.636. The van der Waals surface area contributed by atoms with Crippen molar-refractivity contribution in [3.05, 3.63) is 112 Å². The van der Waals surface area contributed by atoms with E-state index in [-0.39, 0.29) is 0 Å². The summed E-state index contributed by atoms with van der Waals surface area (Å²) in [5.41, 5.74) is 23.3. The molecule has 0 heterocycles. The van der Waals surface area contributed by atoms with E-state index < -0.39 is 0 Å². The first kappa shape index (κ1) is 18.4. The van der Waals surface area contributed by atoms with E-state index >= 15 is 0 Å². The minimum absolute atomic E-state index is 0.552. The molecular weight excluding hydrogens is 340 g/mol. The van der Waals surface area contributed by atoms with Crippen LogP contribution in [-0.2, 0) is 13.1 Å². The predicted molar refractivity (Wildman–Crippen MR) is 119 cm³/mol. The van der Waals surface area contributed by atoms with Gasteiger partial charge in [0, 0.05) is 13.1 Å². The van der Waals surface area contributed by atoms with Crippen molar-refractivity contribution in [3.63, 3.8) is 0 Å². The summed E-state index contributed by atoms with van der Waals surface area (Å²) in [7, 11) is 0. The Morgan fingerprint density at radius 3 is 1.86 bits per heavy atom. The van der Waals surface area contributed by atoms with Crippen LogP contribution < -0.4 is 11.5 Å². The predicted octanol–water partition coefficient (Wildman–Crippen LogP) is 5.39. The zero-order valence-corrected chi connectivity index (χ0v) is 16.3. The van der Waals surface area contributed by atoms with E-state index in [1.165, 1.54) is 39.0 Å². The van der Waals surface area contributed by atoms with Crippen LogP contribution >= 0.6 is 0 Å². The van der Waals surface area contributed by atoms with E-state index in [0.29, 0.717) is 13.1 Å². The molecule has 0 spiro atoms. The van der Waals surface area contributed by atoms with Crippen LogP contribution in [0.5, 0.6) is 0 Å². The third-order valence-electron chi connectivity index (χ3n) is 5.45. The van der Waals surface area contributed by atoms with Crippen LogP contribution in [0.25, 0.3) is 16.7 Å². The summed E-state index contributed by atoms with van der Waals surface area (Å²) < 4.78 is 0. The molecule has 0 saturated heterocycles. The lowest BCUT2D eigenvalue weighted by Gasteiger charge is -2.15. The molecule has 4 N–H and O–H groups in total. The van der Waals surface area contributed by atoms with Crippen LogP contribution in [0.2, 0.25) is 0 Å². The molecule has 2 heteroatoms. The summed E-state index contributed by atoms with van der Waals surface area (Å²) in [4.78, 5) is 0. The van der Waals surface area contributed by atoms with Crippen molar-refractivity contribution in [1.82, 2.24) is 0 Å². The maximum atomic E-state index is 5.91. The molecule has 0 aromatic heterocycles. The van der Waals surface area contributed by atoms with E-state index in [2.05, 4.69) is 85.8 Å². The van der Waals surface area contributed by atoms with Crippen molar-refractivity contribution in [3.8, 4) is 0 Å². The van der Waals surface area contributed by atoms with Crippen LogP contribution in [0.15, 0.2) is 84.4 Å². The number of allylic oxidation sites excluding steroid dienone is 4. The Morgan fingerprint density at radius 2 is 1.21 bits per heavy atom. The molecule has 3 aromatic carbocycles. The van der Waals surface area contributed by atoms with Crippen molar-refractivity contribution in [2.24, 2.45) is 11.5 Å². The first-order valence-electron chi connectivity index (χ1n) is 9.78. The molecule has 0 unspecified atom stereocenters. The van der Waals surface area contributed by atoms with E-state index in [9.17, 15) is 0 Å². The molecule has 0 bridgehead atoms. The van der Waals surface area contributed by atoms with Crippen molar-refractivity contribution < 1.29 is 0 Å². The fourth-order valence-corrected chi connectivity index (χ4v) is 4.11. The zero-order chi connectivity index (χ0) is 19.5. The Labute approximate surface area is 167 Å². The highest BCUT2D eigenvalue weighted by Gasteiger charge is 2.25. The van der Waals surface area contributed by atoms with Gasteiger partial charge in [0.2, 0.25) is 0 Å². The monoisotopic (exact) mass is 366 g/mol.